The lowest BCUT2D eigenvalue weighted by Crippen LogP contribution is -2.31. The fourth-order valence-electron chi connectivity index (χ4n) is 1.40. The lowest BCUT2D eigenvalue weighted by molar-refractivity contribution is 0.0173. The normalized spacial score (nSPS) is 20.2. The summed E-state index contributed by atoms with van der Waals surface area (Å²) in [7, 11) is 1.56. The number of methoxy groups -OCH3 is 1. The summed E-state index contributed by atoms with van der Waals surface area (Å²) in [5.74, 6) is 0.416. The Morgan fingerprint density at radius 1 is 1.67 bits per heavy atom. The molecule has 84 valence electrons. The Morgan fingerprint density at radius 3 is 3.00 bits per heavy atom. The smallest absolute Gasteiger partial charge is 0.283 e. The minimum atomic E-state index is -2.57. The molecule has 0 saturated carbocycles. The summed E-state index contributed by atoms with van der Waals surface area (Å²) in [6.07, 6.45) is -2.70. The van der Waals surface area contributed by atoms with Gasteiger partial charge in [-0.3, -0.25) is 0 Å². The molecule has 1 aromatic heterocycles. The second-order valence-electron chi connectivity index (χ2n) is 3.16. The lowest BCUT2D eigenvalue weighted by atomic mass is 10.3. The summed E-state index contributed by atoms with van der Waals surface area (Å²) < 4.78 is 37.3. The van der Waals surface area contributed by atoms with Crippen molar-refractivity contribution in [3.8, 4) is 5.88 Å². The van der Waals surface area contributed by atoms with Crippen LogP contribution in [-0.4, -0.2) is 29.6 Å². The highest BCUT2D eigenvalue weighted by atomic mass is 127. The quantitative estimate of drug-likeness (QED) is 0.777. The molecule has 0 radical (unpaired) electrons. The van der Waals surface area contributed by atoms with Crippen LogP contribution in [0, 0.1) is 3.57 Å². The molecule has 2 rings (SSSR count). The molecule has 0 N–H and O–H groups in total. The first-order valence-electron chi connectivity index (χ1n) is 4.33. The minimum Gasteiger partial charge on any atom is -0.474 e. The van der Waals surface area contributed by atoms with Crippen LogP contribution < -0.4 is 4.74 Å². The zero-order chi connectivity index (χ0) is 11.0. The van der Waals surface area contributed by atoms with E-state index < -0.39 is 6.43 Å². The molecular weight excluding hydrogens is 321 g/mol. The van der Waals surface area contributed by atoms with Gasteiger partial charge in [-0.2, -0.15) is 5.10 Å². The van der Waals surface area contributed by atoms with Gasteiger partial charge in [0.2, 0.25) is 5.88 Å². The Labute approximate surface area is 98.7 Å². The van der Waals surface area contributed by atoms with Crippen LogP contribution in [0.4, 0.5) is 8.78 Å². The van der Waals surface area contributed by atoms with Crippen LogP contribution in [0.15, 0.2) is 0 Å². The number of alkyl halides is 2. The molecule has 4 nitrogen and oxygen atoms in total. The number of fused-ring (bicyclic) bond motifs is 1. The van der Waals surface area contributed by atoms with Crippen molar-refractivity contribution in [2.45, 2.75) is 19.1 Å². The van der Waals surface area contributed by atoms with Crippen LogP contribution >= 0.6 is 22.6 Å². The number of hydrogen-bond acceptors (Lipinski definition) is 3. The third-order valence-electron chi connectivity index (χ3n) is 2.20. The fraction of sp³-hybridized carbons (Fsp3) is 0.625. The zero-order valence-electron chi connectivity index (χ0n) is 7.91. The van der Waals surface area contributed by atoms with Crippen molar-refractivity contribution in [2.24, 2.45) is 0 Å². The molecule has 1 aliphatic heterocycles. The van der Waals surface area contributed by atoms with E-state index in [1.165, 1.54) is 4.68 Å². The van der Waals surface area contributed by atoms with Crippen LogP contribution in [0.3, 0.4) is 0 Å². The molecule has 0 bridgehead atoms. The van der Waals surface area contributed by atoms with Crippen molar-refractivity contribution in [1.82, 2.24) is 9.78 Å². The second kappa shape index (κ2) is 4.20. The summed E-state index contributed by atoms with van der Waals surface area (Å²) in [5, 5.41) is 3.80. The van der Waals surface area contributed by atoms with Crippen molar-refractivity contribution in [3.63, 3.8) is 0 Å². The standard InChI is InChI=1S/C8H9F2IN2O2/c1-14-4-2-13-8(15-3-4)5(11)6(12-13)7(9)10/h4,7H,2-3H2,1H3. The van der Waals surface area contributed by atoms with Crippen LogP contribution in [0.2, 0.25) is 0 Å². The van der Waals surface area contributed by atoms with Crippen molar-refractivity contribution in [2.75, 3.05) is 13.7 Å². The summed E-state index contributed by atoms with van der Waals surface area (Å²) in [6.45, 7) is 0.829. The van der Waals surface area contributed by atoms with Crippen molar-refractivity contribution >= 4 is 22.6 Å². The third-order valence-corrected chi connectivity index (χ3v) is 3.21. The van der Waals surface area contributed by atoms with Gasteiger partial charge in [0, 0.05) is 7.11 Å². The first-order valence-corrected chi connectivity index (χ1v) is 5.41. The van der Waals surface area contributed by atoms with Gasteiger partial charge in [0.05, 0.1) is 6.54 Å². The highest BCUT2D eigenvalue weighted by molar-refractivity contribution is 14.1. The number of ether oxygens (including phenoxy) is 2. The molecule has 0 aliphatic carbocycles. The molecule has 0 fully saturated rings. The maximum atomic E-state index is 12.5. The van der Waals surface area contributed by atoms with E-state index in [4.69, 9.17) is 9.47 Å². The SMILES string of the molecule is COC1COc2c(I)c(C(F)F)nn2C1. The molecule has 1 aromatic rings. The van der Waals surface area contributed by atoms with E-state index >= 15 is 0 Å². The third kappa shape index (κ3) is 1.94. The van der Waals surface area contributed by atoms with Crippen LogP contribution in [-0.2, 0) is 11.3 Å². The van der Waals surface area contributed by atoms with Gasteiger partial charge in [-0.25, -0.2) is 13.5 Å². The van der Waals surface area contributed by atoms with Gasteiger partial charge in [-0.05, 0) is 22.6 Å². The number of nitrogens with zero attached hydrogens (tertiary/aromatic N) is 2. The predicted molar refractivity (Wildman–Crippen MR) is 56.2 cm³/mol. The Bertz CT molecular complexity index is 370. The Balaban J connectivity index is 2.32. The molecule has 7 heteroatoms. The predicted octanol–water partition coefficient (Wildman–Crippen LogP) is 1.83. The van der Waals surface area contributed by atoms with E-state index in [2.05, 4.69) is 5.10 Å². The first-order chi connectivity index (χ1) is 7.13. The van der Waals surface area contributed by atoms with Crippen molar-refractivity contribution in [3.05, 3.63) is 9.26 Å². The van der Waals surface area contributed by atoms with Crippen LogP contribution in [0.5, 0.6) is 5.88 Å². The topological polar surface area (TPSA) is 36.3 Å². The maximum Gasteiger partial charge on any atom is 0.283 e. The molecule has 1 aliphatic rings. The summed E-state index contributed by atoms with van der Waals surface area (Å²) >= 11 is 1.82. The van der Waals surface area contributed by atoms with Crippen molar-refractivity contribution < 1.29 is 18.3 Å². The monoisotopic (exact) mass is 330 g/mol. The van der Waals surface area contributed by atoms with Gasteiger partial charge in [0.15, 0.2) is 0 Å². The van der Waals surface area contributed by atoms with Gasteiger partial charge in [-0.15, -0.1) is 0 Å². The van der Waals surface area contributed by atoms with Gasteiger partial charge < -0.3 is 9.47 Å². The summed E-state index contributed by atoms with van der Waals surface area (Å²) in [6, 6.07) is 0. The summed E-state index contributed by atoms with van der Waals surface area (Å²) in [5.41, 5.74) is -0.220. The average Bonchev–Trinajstić information content (AvgIpc) is 2.55. The molecule has 15 heavy (non-hydrogen) atoms. The van der Waals surface area contributed by atoms with E-state index in [0.717, 1.165) is 0 Å². The van der Waals surface area contributed by atoms with Gasteiger partial charge >= 0.3 is 0 Å². The first kappa shape index (κ1) is 11.1. The van der Waals surface area contributed by atoms with E-state index in [9.17, 15) is 8.78 Å². The minimum absolute atomic E-state index is 0.126. The molecule has 0 saturated heterocycles. The Kier molecular flexibility index (Phi) is 3.10. The maximum absolute atomic E-state index is 12.5. The highest BCUT2D eigenvalue weighted by Gasteiger charge is 2.28. The van der Waals surface area contributed by atoms with E-state index in [1.54, 1.807) is 7.11 Å². The number of aromatic nitrogens is 2. The summed E-state index contributed by atoms with van der Waals surface area (Å²) in [4.78, 5) is 0. The van der Waals surface area contributed by atoms with Gasteiger partial charge in [0.25, 0.3) is 6.43 Å². The van der Waals surface area contributed by atoms with Gasteiger partial charge in [-0.1, -0.05) is 0 Å². The average molecular weight is 330 g/mol. The number of hydrogen-bond donors (Lipinski definition) is 0. The molecule has 1 unspecified atom stereocenters. The zero-order valence-corrected chi connectivity index (χ0v) is 10.1. The number of halogens is 3. The Morgan fingerprint density at radius 2 is 2.40 bits per heavy atom. The highest BCUT2D eigenvalue weighted by Crippen LogP contribution is 2.32. The molecular formula is C8H9F2IN2O2. The molecule has 0 aromatic carbocycles. The van der Waals surface area contributed by atoms with Crippen LogP contribution in [0.1, 0.15) is 12.1 Å². The van der Waals surface area contributed by atoms with E-state index in [1.807, 2.05) is 22.6 Å². The number of rotatable bonds is 2. The molecule has 1 atom stereocenters. The molecule has 2 heterocycles. The van der Waals surface area contributed by atoms with Crippen molar-refractivity contribution in [1.29, 1.82) is 0 Å². The van der Waals surface area contributed by atoms with Crippen LogP contribution in [0.25, 0.3) is 0 Å². The largest absolute Gasteiger partial charge is 0.474 e. The van der Waals surface area contributed by atoms with E-state index in [0.29, 0.717) is 22.6 Å². The molecule has 0 amide bonds. The fourth-order valence-corrected chi connectivity index (χ4v) is 2.18. The molecule has 0 spiro atoms. The lowest BCUT2D eigenvalue weighted by Gasteiger charge is -2.22. The second-order valence-corrected chi connectivity index (χ2v) is 4.23. The van der Waals surface area contributed by atoms with E-state index in [-0.39, 0.29) is 11.8 Å². The Hall–Kier alpha value is -0.440. The van der Waals surface area contributed by atoms with Gasteiger partial charge in [0.1, 0.15) is 22.0 Å².